The third-order valence-corrected chi connectivity index (χ3v) is 2.58. The molecule has 0 saturated heterocycles. The molecule has 0 rings (SSSR count). The Labute approximate surface area is 72.4 Å². The molecule has 1 N–H and O–H groups in total. The Morgan fingerprint density at radius 1 is 1.55 bits per heavy atom. The molecule has 0 amide bonds. The van der Waals surface area contributed by atoms with Gasteiger partial charge in [0.1, 0.15) is 4.75 Å². The molecule has 0 aromatic heterocycles. The number of nitrogens with one attached hydrogen (secondary N) is 1. The van der Waals surface area contributed by atoms with Crippen molar-refractivity contribution in [2.45, 2.75) is 32.4 Å². The molecule has 0 aliphatic rings. The van der Waals surface area contributed by atoms with Crippen LogP contribution in [0.2, 0.25) is 0 Å². The normalized spacial score (nSPS) is 14.6. The van der Waals surface area contributed by atoms with Gasteiger partial charge >= 0.3 is 0 Å². The Hall–Kier alpha value is 0.01000. The maximum absolute atomic E-state index is 11.3. The molecule has 0 radical (unpaired) electrons. The van der Waals surface area contributed by atoms with Gasteiger partial charge in [-0.15, -0.1) is 4.72 Å². The molecule has 11 heavy (non-hydrogen) atoms. The van der Waals surface area contributed by atoms with Crippen LogP contribution in [-0.2, 0) is 11.4 Å². The average Bonchev–Trinajstić information content (AvgIpc) is 1.80. The van der Waals surface area contributed by atoms with E-state index in [1.54, 1.807) is 0 Å². The first-order valence-corrected chi connectivity index (χ1v) is 4.79. The molecule has 1 unspecified atom stereocenters. The molecule has 0 aliphatic heterocycles. The van der Waals surface area contributed by atoms with Gasteiger partial charge in [-0.25, -0.2) is 0 Å². The highest BCUT2D eigenvalue weighted by atomic mass is 32.2. The highest BCUT2D eigenvalue weighted by molar-refractivity contribution is 7.90. The first kappa shape index (κ1) is 11.0. The molecule has 0 bridgehead atoms. The van der Waals surface area contributed by atoms with Crippen LogP contribution in [0.4, 0.5) is 0 Å². The minimum atomic E-state index is -0.969. The van der Waals surface area contributed by atoms with E-state index in [0.717, 1.165) is 5.57 Å². The van der Waals surface area contributed by atoms with Gasteiger partial charge in [-0.05, 0) is 27.7 Å². The fraction of sp³-hybridized carbons (Fsp3) is 0.750. The number of hydrogen-bond acceptors (Lipinski definition) is 2. The minimum absolute atomic E-state index is 0.185. The van der Waals surface area contributed by atoms with Gasteiger partial charge < -0.3 is 4.55 Å². The van der Waals surface area contributed by atoms with Crippen LogP contribution in [0.1, 0.15) is 27.7 Å². The third-order valence-electron chi connectivity index (χ3n) is 1.06. The van der Waals surface area contributed by atoms with Crippen molar-refractivity contribution >= 4 is 11.4 Å². The second-order valence-electron chi connectivity index (χ2n) is 3.66. The quantitative estimate of drug-likeness (QED) is 0.522. The topological polar surface area (TPSA) is 35.1 Å². The van der Waals surface area contributed by atoms with E-state index < -0.39 is 11.4 Å². The summed E-state index contributed by atoms with van der Waals surface area (Å²) in [5.74, 6) is 0. The van der Waals surface area contributed by atoms with Crippen LogP contribution in [0.3, 0.4) is 0 Å². The van der Waals surface area contributed by atoms with Crippen LogP contribution in [0, 0.1) is 0 Å². The lowest BCUT2D eigenvalue weighted by atomic mass is 10.3. The van der Waals surface area contributed by atoms with Crippen molar-refractivity contribution in [1.82, 2.24) is 4.72 Å². The van der Waals surface area contributed by atoms with Crippen molar-refractivity contribution in [3.05, 3.63) is 12.2 Å². The zero-order valence-electron chi connectivity index (χ0n) is 7.73. The van der Waals surface area contributed by atoms with Gasteiger partial charge in [0.25, 0.3) is 0 Å². The molecule has 0 aliphatic carbocycles. The van der Waals surface area contributed by atoms with Gasteiger partial charge in [0.05, 0.1) is 6.54 Å². The lowest BCUT2D eigenvalue weighted by molar-refractivity contribution is 0.547. The molecule has 1 atom stereocenters. The standard InChI is InChI=1S/C8H17NOS/c1-7(2)6-9-11(10)8(3,4)5/h9H,1,6H2,2-5H3. The van der Waals surface area contributed by atoms with Crippen molar-refractivity contribution in [1.29, 1.82) is 0 Å². The van der Waals surface area contributed by atoms with E-state index in [2.05, 4.69) is 11.3 Å². The monoisotopic (exact) mass is 175 g/mol. The molecule has 66 valence electrons. The Morgan fingerprint density at radius 2 is 2.00 bits per heavy atom. The van der Waals surface area contributed by atoms with Crippen molar-refractivity contribution in [2.24, 2.45) is 0 Å². The average molecular weight is 175 g/mol. The van der Waals surface area contributed by atoms with Crippen LogP contribution in [0.15, 0.2) is 12.2 Å². The van der Waals surface area contributed by atoms with Gasteiger partial charge in [-0.2, -0.15) is 0 Å². The molecule has 0 aromatic carbocycles. The summed E-state index contributed by atoms with van der Waals surface area (Å²) in [5.41, 5.74) is 1.00. The predicted octanol–water partition coefficient (Wildman–Crippen LogP) is 1.61. The summed E-state index contributed by atoms with van der Waals surface area (Å²) in [4.78, 5) is 0. The van der Waals surface area contributed by atoms with Crippen LogP contribution >= 0.6 is 0 Å². The van der Waals surface area contributed by atoms with E-state index in [9.17, 15) is 4.55 Å². The molecule has 0 fully saturated rings. The fourth-order valence-corrected chi connectivity index (χ4v) is 1.22. The van der Waals surface area contributed by atoms with Gasteiger partial charge in [-0.3, -0.25) is 0 Å². The maximum atomic E-state index is 11.3. The largest absolute Gasteiger partial charge is 0.598 e. The Morgan fingerprint density at radius 3 is 2.27 bits per heavy atom. The van der Waals surface area contributed by atoms with Crippen LogP contribution in [0.5, 0.6) is 0 Å². The summed E-state index contributed by atoms with van der Waals surface area (Å²) in [6.07, 6.45) is 0. The fourth-order valence-electron chi connectivity index (χ4n) is 0.405. The smallest absolute Gasteiger partial charge is 0.136 e. The summed E-state index contributed by atoms with van der Waals surface area (Å²) in [6.45, 7) is 12.1. The van der Waals surface area contributed by atoms with Gasteiger partial charge in [-0.1, -0.05) is 12.2 Å². The van der Waals surface area contributed by atoms with Crippen molar-refractivity contribution in [2.75, 3.05) is 6.54 Å². The lowest BCUT2D eigenvalue weighted by Gasteiger charge is -2.23. The highest BCUT2D eigenvalue weighted by Gasteiger charge is 2.25. The lowest BCUT2D eigenvalue weighted by Crippen LogP contribution is -2.39. The van der Waals surface area contributed by atoms with Crippen molar-refractivity contribution in [3.8, 4) is 0 Å². The SMILES string of the molecule is C=C(C)CN[S+]([O-])C(C)(C)C. The molecule has 0 aromatic rings. The van der Waals surface area contributed by atoms with E-state index >= 15 is 0 Å². The zero-order chi connectivity index (χ0) is 9.07. The van der Waals surface area contributed by atoms with E-state index in [4.69, 9.17) is 0 Å². The third kappa shape index (κ3) is 5.30. The summed E-state index contributed by atoms with van der Waals surface area (Å²) in [5, 5.41) is 0. The van der Waals surface area contributed by atoms with Gasteiger partial charge in [0, 0.05) is 11.4 Å². The van der Waals surface area contributed by atoms with Gasteiger partial charge in [0.2, 0.25) is 0 Å². The molecule has 2 nitrogen and oxygen atoms in total. The van der Waals surface area contributed by atoms with E-state index in [-0.39, 0.29) is 4.75 Å². The molecule has 0 spiro atoms. The predicted molar refractivity (Wildman–Crippen MR) is 50.7 cm³/mol. The summed E-state index contributed by atoms with van der Waals surface area (Å²) >= 11 is -0.969. The first-order valence-electron chi connectivity index (χ1n) is 3.64. The van der Waals surface area contributed by atoms with Crippen LogP contribution in [-0.4, -0.2) is 15.8 Å². The molecular formula is C8H17NOS. The Balaban J connectivity index is 3.70. The van der Waals surface area contributed by atoms with Crippen LogP contribution in [0.25, 0.3) is 0 Å². The van der Waals surface area contributed by atoms with Crippen molar-refractivity contribution in [3.63, 3.8) is 0 Å². The second-order valence-corrected chi connectivity index (χ2v) is 5.71. The maximum Gasteiger partial charge on any atom is 0.136 e. The number of rotatable bonds is 3. The first-order chi connectivity index (χ1) is 4.84. The molecule has 0 saturated carbocycles. The van der Waals surface area contributed by atoms with E-state index in [0.29, 0.717) is 6.54 Å². The minimum Gasteiger partial charge on any atom is -0.598 e. The Kier molecular flexibility index (Phi) is 4.14. The van der Waals surface area contributed by atoms with E-state index in [1.807, 2.05) is 27.7 Å². The summed E-state index contributed by atoms with van der Waals surface area (Å²) in [7, 11) is 0. The van der Waals surface area contributed by atoms with Crippen LogP contribution < -0.4 is 4.72 Å². The molecule has 3 heteroatoms. The molecule has 0 heterocycles. The number of hydrogen-bond donors (Lipinski definition) is 1. The van der Waals surface area contributed by atoms with Gasteiger partial charge in [0.15, 0.2) is 0 Å². The van der Waals surface area contributed by atoms with E-state index in [1.165, 1.54) is 0 Å². The zero-order valence-corrected chi connectivity index (χ0v) is 8.55. The second kappa shape index (κ2) is 4.14. The Bertz CT molecular complexity index is 140. The van der Waals surface area contributed by atoms with Crippen molar-refractivity contribution < 1.29 is 4.55 Å². The summed E-state index contributed by atoms with van der Waals surface area (Å²) in [6, 6.07) is 0. The summed E-state index contributed by atoms with van der Waals surface area (Å²) < 4.78 is 14.0. The highest BCUT2D eigenvalue weighted by Crippen LogP contribution is 2.12. The molecular weight excluding hydrogens is 158 g/mol.